The van der Waals surface area contributed by atoms with E-state index in [1.807, 2.05) is 0 Å². The minimum Gasteiger partial charge on any atom is -0.456 e. The van der Waals surface area contributed by atoms with Gasteiger partial charge in [-0.25, -0.2) is 0 Å². The molecule has 282 valence electrons. The van der Waals surface area contributed by atoms with E-state index in [0.29, 0.717) is 0 Å². The Kier molecular flexibility index (Phi) is 7.25. The van der Waals surface area contributed by atoms with Gasteiger partial charge in [0.15, 0.2) is 0 Å². The molecule has 11 rings (SSSR count). The van der Waals surface area contributed by atoms with Crippen LogP contribution in [0.25, 0.3) is 66.1 Å². The van der Waals surface area contributed by atoms with Crippen LogP contribution < -0.4 is 4.90 Å². The molecule has 0 unspecified atom stereocenters. The van der Waals surface area contributed by atoms with Crippen LogP contribution >= 0.6 is 0 Å². The number of furan rings is 1. The molecule has 0 saturated carbocycles. The molecule has 1 heterocycles. The highest BCUT2D eigenvalue weighted by Crippen LogP contribution is 2.55. The van der Waals surface area contributed by atoms with Crippen LogP contribution in [0.4, 0.5) is 17.1 Å². The minimum atomic E-state index is -0.285. The molecular weight excluding hydrogens is 703 g/mol. The summed E-state index contributed by atoms with van der Waals surface area (Å²) in [5.74, 6) is 0. The van der Waals surface area contributed by atoms with Crippen LogP contribution in [0.5, 0.6) is 0 Å². The molecule has 58 heavy (non-hydrogen) atoms. The van der Waals surface area contributed by atoms with Crippen molar-refractivity contribution < 1.29 is 4.42 Å². The summed E-state index contributed by atoms with van der Waals surface area (Å²) in [5.41, 5.74) is 19.3. The van der Waals surface area contributed by atoms with Crippen molar-refractivity contribution in [3.63, 3.8) is 0 Å². The smallest absolute Gasteiger partial charge is 0.140 e. The molecule has 0 N–H and O–H groups in total. The third kappa shape index (κ3) is 4.97. The highest BCUT2D eigenvalue weighted by Gasteiger charge is 2.40. The molecule has 2 aliphatic carbocycles. The molecule has 0 bridgehead atoms. The summed E-state index contributed by atoms with van der Waals surface area (Å²) >= 11 is 0. The maximum atomic E-state index is 6.80. The predicted octanol–water partition coefficient (Wildman–Crippen LogP) is 15.8. The van der Waals surface area contributed by atoms with Gasteiger partial charge >= 0.3 is 0 Å². The van der Waals surface area contributed by atoms with Crippen LogP contribution in [-0.4, -0.2) is 0 Å². The van der Waals surface area contributed by atoms with Gasteiger partial charge in [-0.1, -0.05) is 152 Å². The van der Waals surface area contributed by atoms with Crippen molar-refractivity contribution in [2.75, 3.05) is 4.90 Å². The van der Waals surface area contributed by atoms with Crippen LogP contribution in [0.15, 0.2) is 162 Å². The van der Waals surface area contributed by atoms with Crippen molar-refractivity contribution in [3.8, 4) is 33.4 Å². The lowest BCUT2D eigenvalue weighted by Gasteiger charge is -2.30. The number of hydrogen-bond donors (Lipinski definition) is 0. The molecule has 0 aliphatic heterocycles. The van der Waals surface area contributed by atoms with E-state index in [0.717, 1.165) is 28.2 Å². The Morgan fingerprint density at radius 2 is 1.05 bits per heavy atom. The van der Waals surface area contributed by atoms with E-state index in [1.165, 1.54) is 82.7 Å². The van der Waals surface area contributed by atoms with E-state index < -0.39 is 0 Å². The van der Waals surface area contributed by atoms with Crippen molar-refractivity contribution in [1.82, 2.24) is 0 Å². The fourth-order valence-electron chi connectivity index (χ4n) is 10.3. The van der Waals surface area contributed by atoms with E-state index in [9.17, 15) is 0 Å². The van der Waals surface area contributed by atoms with Crippen LogP contribution in [-0.2, 0) is 16.2 Å². The van der Waals surface area contributed by atoms with Gasteiger partial charge in [0, 0.05) is 44.2 Å². The van der Waals surface area contributed by atoms with Crippen molar-refractivity contribution in [1.29, 1.82) is 0 Å². The Morgan fingerprint density at radius 1 is 0.448 bits per heavy atom. The first-order chi connectivity index (χ1) is 27.9. The molecule has 0 atom stereocenters. The number of benzene rings is 8. The molecule has 2 aliphatic rings. The van der Waals surface area contributed by atoms with Crippen LogP contribution in [0.2, 0.25) is 0 Å². The van der Waals surface area contributed by atoms with E-state index in [-0.39, 0.29) is 16.2 Å². The summed E-state index contributed by atoms with van der Waals surface area (Å²) < 4.78 is 6.80. The Labute approximate surface area is 341 Å². The summed E-state index contributed by atoms with van der Waals surface area (Å²) in [4.78, 5) is 2.45. The van der Waals surface area contributed by atoms with Gasteiger partial charge < -0.3 is 9.32 Å². The van der Waals surface area contributed by atoms with Crippen LogP contribution in [0.1, 0.15) is 76.3 Å². The van der Waals surface area contributed by atoms with Crippen LogP contribution in [0, 0.1) is 0 Å². The largest absolute Gasteiger partial charge is 0.456 e. The highest BCUT2D eigenvalue weighted by atomic mass is 16.3. The normalized spacial score (nSPS) is 14.7. The topological polar surface area (TPSA) is 16.4 Å². The van der Waals surface area contributed by atoms with Crippen molar-refractivity contribution in [2.45, 2.75) is 64.7 Å². The highest BCUT2D eigenvalue weighted by molar-refractivity contribution is 6.09. The van der Waals surface area contributed by atoms with Gasteiger partial charge in [-0.15, -0.1) is 0 Å². The Bertz CT molecular complexity index is 3140. The number of hydrogen-bond acceptors (Lipinski definition) is 2. The Balaban J connectivity index is 1.07. The predicted molar refractivity (Wildman–Crippen MR) is 245 cm³/mol. The monoisotopic (exact) mass is 749 g/mol. The zero-order valence-electron chi connectivity index (χ0n) is 34.4. The third-order valence-electron chi connectivity index (χ3n) is 13.4. The van der Waals surface area contributed by atoms with Gasteiger partial charge in [-0.2, -0.15) is 0 Å². The molecule has 2 heteroatoms. The summed E-state index contributed by atoms with van der Waals surface area (Å²) in [6.07, 6.45) is 0. The molecule has 0 radical (unpaired) electrons. The number of anilines is 3. The second kappa shape index (κ2) is 12.1. The summed E-state index contributed by atoms with van der Waals surface area (Å²) in [6, 6.07) is 58.8. The summed E-state index contributed by atoms with van der Waals surface area (Å²) in [7, 11) is 0. The van der Waals surface area contributed by atoms with Crippen molar-refractivity contribution in [3.05, 3.63) is 186 Å². The van der Waals surface area contributed by atoms with Gasteiger partial charge in [0.2, 0.25) is 0 Å². The zero-order chi connectivity index (χ0) is 39.7. The van der Waals surface area contributed by atoms with Gasteiger partial charge in [0.1, 0.15) is 11.2 Å². The van der Waals surface area contributed by atoms with Crippen molar-refractivity contribution in [2.24, 2.45) is 0 Å². The maximum Gasteiger partial charge on any atom is 0.140 e. The molecule has 9 aromatic rings. The lowest BCUT2D eigenvalue weighted by Crippen LogP contribution is -2.18. The Morgan fingerprint density at radius 3 is 1.81 bits per heavy atom. The quantitative estimate of drug-likeness (QED) is 0.178. The average molecular weight is 750 g/mol. The third-order valence-corrected chi connectivity index (χ3v) is 13.4. The second-order valence-electron chi connectivity index (χ2n) is 18.6. The molecule has 2 nitrogen and oxygen atoms in total. The SMILES string of the molecule is CC(C)(C)c1ccc2oc3c4c(ccc3c2c1)-c1ccc(N(c2ccc(-c3cccc5ccccc35)cc2)c2ccc3c(c2)C(C)(C)c2ccccc2-3)cc1C4(C)C. The lowest BCUT2D eigenvalue weighted by molar-refractivity contribution is 0.590. The summed E-state index contributed by atoms with van der Waals surface area (Å²) in [5, 5.41) is 4.90. The molecule has 8 aromatic carbocycles. The molecule has 0 saturated heterocycles. The average Bonchev–Trinajstić information content (AvgIpc) is 3.79. The van der Waals surface area contributed by atoms with E-state index in [1.54, 1.807) is 0 Å². The van der Waals surface area contributed by atoms with Gasteiger partial charge in [-0.3, -0.25) is 0 Å². The first kappa shape index (κ1) is 34.8. The van der Waals surface area contributed by atoms with Crippen LogP contribution in [0.3, 0.4) is 0 Å². The minimum absolute atomic E-state index is 0.0567. The first-order valence-electron chi connectivity index (χ1n) is 20.7. The second-order valence-corrected chi connectivity index (χ2v) is 18.6. The standard InChI is InChI=1S/C56H47NO/c1-54(2,3)36-21-30-51-47(31-36)46-29-28-45-44-27-25-39(33-50(44)56(6,7)52(45)53(46)58-51)57(38-24-26-43-42-16-10-11-18-48(42)55(4,5)49(43)32-38)37-22-19-35(20-23-37)41-17-12-14-34-13-8-9-15-40(34)41/h8-33H,1-7H3. The Hall–Kier alpha value is -6.38. The number of nitrogens with zero attached hydrogens (tertiary/aromatic N) is 1. The maximum absolute atomic E-state index is 6.80. The fraction of sp³-hybridized carbons (Fsp3) is 0.179. The van der Waals surface area contributed by atoms with Gasteiger partial charge in [-0.05, 0) is 126 Å². The lowest BCUT2D eigenvalue weighted by atomic mass is 9.81. The number of rotatable bonds is 4. The molecule has 0 fully saturated rings. The van der Waals surface area contributed by atoms with E-state index in [2.05, 4.69) is 211 Å². The number of fused-ring (bicyclic) bond motifs is 11. The fourth-order valence-corrected chi connectivity index (χ4v) is 10.3. The molecule has 0 spiro atoms. The van der Waals surface area contributed by atoms with Gasteiger partial charge in [0.25, 0.3) is 0 Å². The first-order valence-corrected chi connectivity index (χ1v) is 20.7. The molecule has 0 amide bonds. The zero-order valence-corrected chi connectivity index (χ0v) is 34.4. The molecular formula is C56H47NO. The molecule has 1 aromatic heterocycles. The van der Waals surface area contributed by atoms with E-state index >= 15 is 0 Å². The summed E-state index contributed by atoms with van der Waals surface area (Å²) in [6.45, 7) is 16.3. The van der Waals surface area contributed by atoms with Crippen molar-refractivity contribution >= 4 is 49.8 Å². The van der Waals surface area contributed by atoms with Gasteiger partial charge in [0.05, 0.1) is 0 Å². The van der Waals surface area contributed by atoms with E-state index in [4.69, 9.17) is 4.42 Å².